The minimum Gasteiger partial charge on any atom is -0.352 e. The summed E-state index contributed by atoms with van der Waals surface area (Å²) in [5, 5.41) is 16.3. The van der Waals surface area contributed by atoms with Crippen molar-refractivity contribution in [3.05, 3.63) is 64.1 Å². The summed E-state index contributed by atoms with van der Waals surface area (Å²) in [7, 11) is 0. The largest absolute Gasteiger partial charge is 0.352 e. The van der Waals surface area contributed by atoms with Crippen LogP contribution in [0.1, 0.15) is 40.3 Å². The smallest absolute Gasteiger partial charge is 0.280 e. The molecule has 8 nitrogen and oxygen atoms in total. The average Bonchev–Trinajstić information content (AvgIpc) is 3.42. The molecule has 3 aromatic rings. The van der Waals surface area contributed by atoms with E-state index in [4.69, 9.17) is 16.9 Å². The highest BCUT2D eigenvalue weighted by molar-refractivity contribution is 6.34. The zero-order chi connectivity index (χ0) is 23.7. The maximum absolute atomic E-state index is 14.6. The van der Waals surface area contributed by atoms with Gasteiger partial charge in [-0.05, 0) is 37.6 Å². The lowest BCUT2D eigenvalue weighted by Crippen LogP contribution is -2.37. The van der Waals surface area contributed by atoms with Crippen LogP contribution in [0.2, 0.25) is 5.02 Å². The number of nitrogens with one attached hydrogen (secondary N) is 1. The number of nitrogens with zero attached hydrogens (tertiary/aromatic N) is 6. The third kappa shape index (κ3) is 4.61. The molecule has 4 rings (SSSR count). The van der Waals surface area contributed by atoms with Gasteiger partial charge in [-0.15, -0.1) is 0 Å². The lowest BCUT2D eigenvalue weighted by molar-refractivity contribution is 0.0940. The monoisotopic (exact) mass is 475 g/mol. The summed E-state index contributed by atoms with van der Waals surface area (Å²) >= 11 is 6.30. The van der Waals surface area contributed by atoms with Crippen LogP contribution in [0.4, 0.5) is 19.0 Å². The Morgan fingerprint density at radius 1 is 1.36 bits per heavy atom. The molecule has 1 aromatic carbocycles. The molecular formula is C21H17ClF3N7O. The number of rotatable bonds is 5. The van der Waals surface area contributed by atoms with Crippen LogP contribution >= 0.6 is 11.6 Å². The van der Waals surface area contributed by atoms with Gasteiger partial charge in [0.2, 0.25) is 0 Å². The van der Waals surface area contributed by atoms with Gasteiger partial charge in [-0.25, -0.2) is 27.8 Å². The van der Waals surface area contributed by atoms with E-state index in [0.717, 1.165) is 6.07 Å². The van der Waals surface area contributed by atoms with Crippen molar-refractivity contribution in [3.63, 3.8) is 0 Å². The molecule has 0 radical (unpaired) electrons. The topological polar surface area (TPSA) is 99.7 Å². The molecule has 1 aliphatic rings. The Kier molecular flexibility index (Phi) is 6.20. The number of anilines is 1. The number of carbonyl (C=O) groups is 1. The van der Waals surface area contributed by atoms with Crippen LogP contribution in [-0.4, -0.2) is 44.8 Å². The number of hydrogen-bond donors (Lipinski definition) is 1. The van der Waals surface area contributed by atoms with Crippen molar-refractivity contribution in [2.45, 2.75) is 25.8 Å². The lowest BCUT2D eigenvalue weighted by Gasteiger charge is -2.20. The van der Waals surface area contributed by atoms with Crippen LogP contribution in [0.25, 0.3) is 5.69 Å². The van der Waals surface area contributed by atoms with Gasteiger partial charge in [0.25, 0.3) is 12.3 Å². The highest BCUT2D eigenvalue weighted by atomic mass is 35.5. The van der Waals surface area contributed by atoms with Crippen molar-refractivity contribution >= 4 is 23.3 Å². The van der Waals surface area contributed by atoms with Crippen LogP contribution in [0.5, 0.6) is 0 Å². The van der Waals surface area contributed by atoms with Gasteiger partial charge in [-0.2, -0.15) is 10.4 Å². The van der Waals surface area contributed by atoms with E-state index in [1.807, 2.05) is 0 Å². The molecule has 1 N–H and O–H groups in total. The maximum Gasteiger partial charge on any atom is 0.280 e. The van der Waals surface area contributed by atoms with Gasteiger partial charge in [-0.3, -0.25) is 4.79 Å². The van der Waals surface area contributed by atoms with Crippen molar-refractivity contribution in [3.8, 4) is 11.8 Å². The molecule has 0 aliphatic carbocycles. The summed E-state index contributed by atoms with van der Waals surface area (Å²) < 4.78 is 42.3. The Morgan fingerprint density at radius 3 is 2.79 bits per heavy atom. The van der Waals surface area contributed by atoms with Crippen LogP contribution < -0.4 is 10.2 Å². The number of halogens is 4. The predicted molar refractivity (Wildman–Crippen MR) is 113 cm³/mol. The molecule has 0 saturated carbocycles. The third-order valence-corrected chi connectivity index (χ3v) is 5.51. The molecule has 12 heteroatoms. The van der Waals surface area contributed by atoms with Gasteiger partial charge in [0, 0.05) is 19.1 Å². The van der Waals surface area contributed by atoms with E-state index >= 15 is 0 Å². The van der Waals surface area contributed by atoms with E-state index in [1.54, 1.807) is 31.2 Å². The number of hydrogen-bond acceptors (Lipinski definition) is 6. The number of aromatic nitrogens is 4. The fourth-order valence-corrected chi connectivity index (χ4v) is 3.83. The van der Waals surface area contributed by atoms with Gasteiger partial charge >= 0.3 is 0 Å². The molecule has 1 amide bonds. The van der Waals surface area contributed by atoms with Crippen LogP contribution in [0.15, 0.2) is 30.6 Å². The van der Waals surface area contributed by atoms with Crippen molar-refractivity contribution in [1.29, 1.82) is 5.26 Å². The number of pyridine rings is 1. The molecule has 0 bridgehead atoms. The predicted octanol–water partition coefficient (Wildman–Crippen LogP) is 3.58. The Morgan fingerprint density at radius 2 is 2.15 bits per heavy atom. The zero-order valence-corrected chi connectivity index (χ0v) is 18.0. The molecular weight excluding hydrogens is 459 g/mol. The molecule has 33 heavy (non-hydrogen) atoms. The van der Waals surface area contributed by atoms with Gasteiger partial charge in [0.05, 0.1) is 21.8 Å². The number of aryl methyl sites for hydroxylation is 1. The quantitative estimate of drug-likeness (QED) is 0.605. The van der Waals surface area contributed by atoms with Crippen molar-refractivity contribution in [1.82, 2.24) is 25.1 Å². The van der Waals surface area contributed by atoms with Crippen LogP contribution in [0.3, 0.4) is 0 Å². The second-order valence-corrected chi connectivity index (χ2v) is 7.86. The van der Waals surface area contributed by atoms with E-state index in [-0.39, 0.29) is 29.5 Å². The zero-order valence-electron chi connectivity index (χ0n) is 17.3. The Bertz CT molecular complexity index is 1260. The molecule has 1 atom stereocenters. The highest BCUT2D eigenvalue weighted by Crippen LogP contribution is 2.28. The Labute approximate surface area is 191 Å². The molecule has 2 aromatic heterocycles. The second kappa shape index (κ2) is 9.07. The lowest BCUT2D eigenvalue weighted by atomic mass is 10.1. The van der Waals surface area contributed by atoms with Crippen molar-refractivity contribution < 1.29 is 18.0 Å². The van der Waals surface area contributed by atoms with Gasteiger partial charge < -0.3 is 10.2 Å². The third-order valence-electron chi connectivity index (χ3n) is 5.20. The van der Waals surface area contributed by atoms with Crippen molar-refractivity contribution in [2.24, 2.45) is 0 Å². The second-order valence-electron chi connectivity index (χ2n) is 7.45. The molecule has 1 aliphatic heterocycles. The fourth-order valence-electron chi connectivity index (χ4n) is 3.57. The van der Waals surface area contributed by atoms with E-state index in [1.165, 1.54) is 15.9 Å². The first-order valence-corrected chi connectivity index (χ1v) is 10.3. The van der Waals surface area contributed by atoms with Gasteiger partial charge in [0.15, 0.2) is 11.6 Å². The Balaban J connectivity index is 1.47. The standard InChI is InChI=1S/C21H17ClF3N7O/c1-11-27-10-32(30-11)14-2-3-15(16(22)7-14)21(33)28-13-4-5-31(9-13)20-18(23)12(8-26)6-17(29-20)19(24)25/h2-3,6-7,10,13,19H,4-5,9H2,1H3,(H,28,33). The summed E-state index contributed by atoms with van der Waals surface area (Å²) in [5.74, 6) is -1.13. The number of alkyl halides is 2. The molecule has 1 unspecified atom stereocenters. The average molecular weight is 476 g/mol. The van der Waals surface area contributed by atoms with Gasteiger partial charge in [0.1, 0.15) is 23.9 Å². The first-order valence-electron chi connectivity index (χ1n) is 9.89. The van der Waals surface area contributed by atoms with E-state index in [9.17, 15) is 18.0 Å². The Hall–Kier alpha value is -3.65. The molecule has 1 fully saturated rings. The molecule has 170 valence electrons. The van der Waals surface area contributed by atoms with Crippen LogP contribution in [-0.2, 0) is 0 Å². The normalized spacial score (nSPS) is 15.7. The molecule has 1 saturated heterocycles. The van der Waals surface area contributed by atoms with E-state index in [0.29, 0.717) is 17.9 Å². The number of nitriles is 1. The van der Waals surface area contributed by atoms with E-state index in [2.05, 4.69) is 20.4 Å². The number of benzene rings is 1. The minimum atomic E-state index is -2.94. The molecule has 3 heterocycles. The van der Waals surface area contributed by atoms with E-state index < -0.39 is 35.4 Å². The fraction of sp³-hybridized carbons (Fsp3) is 0.286. The SMILES string of the molecule is Cc1ncn(-c2ccc(C(=O)NC3CCN(c4nc(C(F)F)cc(C#N)c4F)C3)c(Cl)c2)n1. The highest BCUT2D eigenvalue weighted by Gasteiger charge is 2.29. The summed E-state index contributed by atoms with van der Waals surface area (Å²) in [5.41, 5.74) is -0.300. The summed E-state index contributed by atoms with van der Waals surface area (Å²) in [6.07, 6.45) is -0.982. The number of carbonyl (C=O) groups excluding carboxylic acids is 1. The van der Waals surface area contributed by atoms with Crippen molar-refractivity contribution in [2.75, 3.05) is 18.0 Å². The minimum absolute atomic E-state index is 0.140. The molecule has 0 spiro atoms. The van der Waals surface area contributed by atoms with Gasteiger partial charge in [-0.1, -0.05) is 11.6 Å². The first kappa shape index (κ1) is 22.5. The summed E-state index contributed by atoms with van der Waals surface area (Å²) in [4.78, 5) is 21.9. The summed E-state index contributed by atoms with van der Waals surface area (Å²) in [6.45, 7) is 2.16. The maximum atomic E-state index is 14.6. The van der Waals surface area contributed by atoms with Crippen LogP contribution in [0, 0.1) is 24.1 Å². The first-order chi connectivity index (χ1) is 15.8. The summed E-state index contributed by atoms with van der Waals surface area (Å²) in [6, 6.07) is 6.74. The number of amides is 1.